The Hall–Kier alpha value is -3.19. The van der Waals surface area contributed by atoms with Gasteiger partial charge in [0.2, 0.25) is 0 Å². The van der Waals surface area contributed by atoms with Gasteiger partial charge in [-0.2, -0.15) is 10.8 Å². The van der Waals surface area contributed by atoms with Gasteiger partial charge in [-0.15, -0.1) is 12.1 Å². The van der Waals surface area contributed by atoms with Gasteiger partial charge in [0.1, 0.15) is 0 Å². The average molecular weight is 789 g/mol. The van der Waals surface area contributed by atoms with Crippen LogP contribution in [0.3, 0.4) is 0 Å². The van der Waals surface area contributed by atoms with E-state index in [-0.39, 0.29) is 41.2 Å². The van der Waals surface area contributed by atoms with Crippen LogP contribution in [0.2, 0.25) is 0 Å². The number of hydrogen-bond acceptors (Lipinski definition) is 1. The Morgan fingerprint density at radius 2 is 0.745 bits per heavy atom. The molecule has 2 aliphatic carbocycles. The first kappa shape index (κ1) is 40.6. The van der Waals surface area contributed by atoms with E-state index in [4.69, 9.17) is 5.26 Å². The van der Waals surface area contributed by atoms with E-state index in [2.05, 4.69) is 168 Å². The molecule has 0 bridgehead atoms. The molecular formula is C47H47NP2Ru+. The quantitative estimate of drug-likeness (QED) is 0.0829. The van der Waals surface area contributed by atoms with Gasteiger partial charge in [-0.05, 0) is 91.3 Å². The van der Waals surface area contributed by atoms with Crippen molar-refractivity contribution in [2.45, 2.75) is 41.0 Å². The van der Waals surface area contributed by atoms with Gasteiger partial charge in [-0.3, -0.25) is 6.08 Å². The second-order valence-electron chi connectivity index (χ2n) is 12.6. The van der Waals surface area contributed by atoms with Crippen molar-refractivity contribution in [1.82, 2.24) is 0 Å². The first-order valence-corrected chi connectivity index (χ1v) is 20.5. The maximum atomic E-state index is 8.50. The Morgan fingerprint density at radius 3 is 1.00 bits per heavy atom. The fraction of sp³-hybridized carbons (Fsp3) is 0.191. The molecule has 0 aliphatic heterocycles. The second kappa shape index (κ2) is 20.7. The normalized spacial score (nSPS) is 16.3. The topological polar surface area (TPSA) is 23.8 Å². The Labute approximate surface area is 323 Å². The molecule has 1 saturated carbocycles. The standard InChI is InChI=1S/C27H26P2.C10H6N.C10H15.Ru/c1-5-14-24(15-6-1)28(25-16-7-2-8-17-25)22-13-23-29(26-18-9-3-10-19-26)27-20-11-4-12-21-27;11-7-9-6-10(9)8-4-2-1-3-5-8;1-6-7(2)9(4)10(5)8(6)3;/h1-12,14-21H,13,22-23H2;1-5,9H;1-5H3;/q;-1;;+2. The van der Waals surface area contributed by atoms with Crippen LogP contribution in [0, 0.1) is 52.9 Å². The first-order valence-electron chi connectivity index (χ1n) is 17.4. The monoisotopic (exact) mass is 789 g/mol. The van der Waals surface area contributed by atoms with Gasteiger partial charge in [0.05, 0.1) is 6.07 Å². The predicted molar refractivity (Wildman–Crippen MR) is 219 cm³/mol. The third kappa shape index (κ3) is 11.4. The molecule has 0 saturated heterocycles. The summed E-state index contributed by atoms with van der Waals surface area (Å²) in [6.07, 6.45) is 6.71. The SMILES string of the molecule is C[C]1[C](C)[C](C)[C](C)[C]1C.N#CC1[C-]=C1c1ccccc1.[Ru+2].c1ccc(P(CCCP(c2ccccc2)c2ccccc2)c2ccccc2)cc1. The molecule has 1 nitrogen and oxygen atoms in total. The fourth-order valence-electron chi connectivity index (χ4n) is 6.12. The summed E-state index contributed by atoms with van der Waals surface area (Å²) in [6.45, 7) is 11.0. The van der Waals surface area contributed by atoms with Gasteiger partial charge in [0.15, 0.2) is 0 Å². The first-order chi connectivity index (χ1) is 24.4. The van der Waals surface area contributed by atoms with E-state index in [0.717, 1.165) is 11.1 Å². The minimum absolute atomic E-state index is 0. The van der Waals surface area contributed by atoms with Gasteiger partial charge >= 0.3 is 19.5 Å². The molecule has 0 aromatic heterocycles. The predicted octanol–water partition coefficient (Wildman–Crippen LogP) is 10.6. The van der Waals surface area contributed by atoms with Crippen LogP contribution in [0.15, 0.2) is 152 Å². The van der Waals surface area contributed by atoms with Crippen LogP contribution in [-0.2, 0) is 19.5 Å². The van der Waals surface area contributed by atoms with Crippen LogP contribution in [0.25, 0.3) is 5.57 Å². The molecule has 5 radical (unpaired) electrons. The van der Waals surface area contributed by atoms with Crippen molar-refractivity contribution in [2.24, 2.45) is 5.92 Å². The van der Waals surface area contributed by atoms with Crippen molar-refractivity contribution in [3.8, 4) is 6.07 Å². The summed E-state index contributed by atoms with van der Waals surface area (Å²) in [4.78, 5) is 0. The van der Waals surface area contributed by atoms with Crippen molar-refractivity contribution in [1.29, 1.82) is 5.26 Å². The number of allylic oxidation sites excluding steroid dienone is 2. The van der Waals surface area contributed by atoms with E-state index >= 15 is 0 Å². The van der Waals surface area contributed by atoms with Crippen molar-refractivity contribution in [2.75, 3.05) is 12.3 Å². The summed E-state index contributed by atoms with van der Waals surface area (Å²) in [5.74, 6) is 7.29. The van der Waals surface area contributed by atoms with Crippen molar-refractivity contribution < 1.29 is 19.5 Å². The minimum Gasteiger partial charge on any atom is -0.252 e. The molecule has 51 heavy (non-hydrogen) atoms. The van der Waals surface area contributed by atoms with E-state index in [9.17, 15) is 0 Å². The second-order valence-corrected chi connectivity index (χ2v) is 17.3. The van der Waals surface area contributed by atoms with Crippen molar-refractivity contribution in [3.05, 3.63) is 193 Å². The molecule has 1 unspecified atom stereocenters. The molecule has 1 fully saturated rings. The maximum absolute atomic E-state index is 8.50. The number of nitriles is 1. The summed E-state index contributed by atoms with van der Waals surface area (Å²) in [7, 11) is -0.618. The molecule has 257 valence electrons. The van der Waals surface area contributed by atoms with Crippen LogP contribution in [0.4, 0.5) is 0 Å². The number of benzene rings is 5. The van der Waals surface area contributed by atoms with E-state index in [1.165, 1.54) is 69.6 Å². The third-order valence-electron chi connectivity index (χ3n) is 9.57. The Morgan fingerprint density at radius 1 is 0.471 bits per heavy atom. The summed E-state index contributed by atoms with van der Waals surface area (Å²) in [6, 6.07) is 56.3. The molecule has 0 heterocycles. The Kier molecular flexibility index (Phi) is 16.5. The number of nitrogens with zero attached hydrogens (tertiary/aromatic N) is 1. The summed E-state index contributed by atoms with van der Waals surface area (Å²) < 4.78 is 0. The van der Waals surface area contributed by atoms with Crippen LogP contribution < -0.4 is 21.2 Å². The molecule has 0 amide bonds. The third-order valence-corrected chi connectivity index (χ3v) is 14.8. The molecule has 1 atom stereocenters. The van der Waals surface area contributed by atoms with Gasteiger partial charge in [-0.25, -0.2) is 5.57 Å². The van der Waals surface area contributed by atoms with E-state index in [1.54, 1.807) is 0 Å². The molecular weight excluding hydrogens is 742 g/mol. The van der Waals surface area contributed by atoms with Crippen LogP contribution >= 0.6 is 15.8 Å². The fourth-order valence-corrected chi connectivity index (χ4v) is 11.1. The van der Waals surface area contributed by atoms with Crippen LogP contribution in [0.5, 0.6) is 0 Å². The Bertz CT molecular complexity index is 1570. The minimum atomic E-state index is -0.309. The van der Waals surface area contributed by atoms with E-state index in [1.807, 2.05) is 30.3 Å². The summed E-state index contributed by atoms with van der Waals surface area (Å²) in [5, 5.41) is 14.4. The van der Waals surface area contributed by atoms with Gasteiger partial charge in [0.25, 0.3) is 0 Å². The Balaban J connectivity index is 0.000000216. The summed E-state index contributed by atoms with van der Waals surface area (Å²) in [5.41, 5.74) is 2.17. The molecule has 0 spiro atoms. The smallest absolute Gasteiger partial charge is 0.252 e. The number of hydrogen-bond donors (Lipinski definition) is 0. The largest absolute Gasteiger partial charge is 2.00 e. The van der Waals surface area contributed by atoms with Gasteiger partial charge in [-0.1, -0.05) is 174 Å². The van der Waals surface area contributed by atoms with Gasteiger partial charge in [0, 0.05) is 0 Å². The zero-order valence-electron chi connectivity index (χ0n) is 30.3. The molecule has 7 rings (SSSR count). The van der Waals surface area contributed by atoms with Gasteiger partial charge < -0.3 is 0 Å². The van der Waals surface area contributed by atoms with Crippen molar-refractivity contribution in [3.63, 3.8) is 0 Å². The van der Waals surface area contributed by atoms with Crippen LogP contribution in [0.1, 0.15) is 46.6 Å². The van der Waals surface area contributed by atoms with Crippen LogP contribution in [-0.4, -0.2) is 12.3 Å². The molecule has 4 heteroatoms. The van der Waals surface area contributed by atoms with E-state index < -0.39 is 0 Å². The average Bonchev–Trinajstić information content (AvgIpc) is 3.96. The molecule has 2 aliphatic rings. The zero-order chi connectivity index (χ0) is 35.3. The number of rotatable bonds is 9. The maximum Gasteiger partial charge on any atom is 2.00 e. The zero-order valence-corrected chi connectivity index (χ0v) is 33.9. The molecule has 0 N–H and O–H groups in total. The van der Waals surface area contributed by atoms with E-state index in [0.29, 0.717) is 0 Å². The molecule has 5 aromatic rings. The molecule has 5 aromatic carbocycles. The van der Waals surface area contributed by atoms with Crippen molar-refractivity contribution >= 4 is 42.6 Å². The summed E-state index contributed by atoms with van der Waals surface area (Å²) >= 11 is 0.